The van der Waals surface area contributed by atoms with E-state index >= 15 is 0 Å². The van der Waals surface area contributed by atoms with E-state index in [2.05, 4.69) is 29.2 Å². The van der Waals surface area contributed by atoms with E-state index in [1.54, 1.807) is 0 Å². The molecule has 4 heteroatoms. The third-order valence-electron chi connectivity index (χ3n) is 4.85. The number of hydrogen-bond donors (Lipinski definition) is 1. The zero-order valence-electron chi connectivity index (χ0n) is 14.5. The molecule has 0 aromatic heterocycles. The molecule has 2 aromatic carbocycles. The van der Waals surface area contributed by atoms with Crippen molar-refractivity contribution in [1.29, 1.82) is 0 Å². The molecule has 25 heavy (non-hydrogen) atoms. The van der Waals surface area contributed by atoms with Gasteiger partial charge in [0.25, 0.3) is 0 Å². The molecule has 4 nitrogen and oxygen atoms in total. The van der Waals surface area contributed by atoms with E-state index in [4.69, 9.17) is 4.74 Å². The molecule has 1 saturated heterocycles. The molecule has 1 fully saturated rings. The Morgan fingerprint density at radius 1 is 1.08 bits per heavy atom. The highest BCUT2D eigenvalue weighted by Crippen LogP contribution is 2.29. The third kappa shape index (κ3) is 4.47. The minimum absolute atomic E-state index is 0.146. The summed E-state index contributed by atoms with van der Waals surface area (Å²) in [7, 11) is 0. The van der Waals surface area contributed by atoms with E-state index < -0.39 is 5.97 Å². The molecule has 2 aromatic rings. The van der Waals surface area contributed by atoms with Crippen LogP contribution in [0.15, 0.2) is 60.7 Å². The van der Waals surface area contributed by atoms with Gasteiger partial charge in [0.05, 0.1) is 5.92 Å². The summed E-state index contributed by atoms with van der Waals surface area (Å²) in [6.45, 7) is 3.44. The summed E-state index contributed by atoms with van der Waals surface area (Å²) in [6.07, 6.45) is 1.33. The molecule has 0 saturated carbocycles. The highest BCUT2D eigenvalue weighted by atomic mass is 16.5. The molecule has 2 atom stereocenters. The number of carboxylic acids is 1. The van der Waals surface area contributed by atoms with Crippen molar-refractivity contribution in [1.82, 2.24) is 4.90 Å². The maximum Gasteiger partial charge on any atom is 0.307 e. The molecule has 132 valence electrons. The Bertz CT molecular complexity index is 635. The fraction of sp³-hybridized carbons (Fsp3) is 0.381. The van der Waals surface area contributed by atoms with Gasteiger partial charge in [-0.15, -0.1) is 0 Å². The second-order valence-corrected chi connectivity index (χ2v) is 6.61. The molecule has 1 N–H and O–H groups in total. The summed E-state index contributed by atoms with van der Waals surface area (Å²) in [5.74, 6) is -1.01. The lowest BCUT2D eigenvalue weighted by molar-refractivity contribution is -0.147. The van der Waals surface area contributed by atoms with Crippen molar-refractivity contribution in [2.24, 2.45) is 5.92 Å². The van der Waals surface area contributed by atoms with Gasteiger partial charge in [0.2, 0.25) is 0 Å². The van der Waals surface area contributed by atoms with Crippen molar-refractivity contribution in [3.63, 3.8) is 0 Å². The number of nitrogens with zero attached hydrogens (tertiary/aromatic N) is 1. The van der Waals surface area contributed by atoms with Gasteiger partial charge >= 0.3 is 5.97 Å². The van der Waals surface area contributed by atoms with Crippen LogP contribution in [0.25, 0.3) is 0 Å². The molecule has 0 radical (unpaired) electrons. The number of carboxylic acid groups (broad SMARTS) is 1. The molecular weight excluding hydrogens is 314 g/mol. The molecular formula is C21H25NO3. The van der Waals surface area contributed by atoms with Crippen molar-refractivity contribution < 1.29 is 14.6 Å². The molecule has 1 aliphatic heterocycles. The minimum atomic E-state index is -0.709. The van der Waals surface area contributed by atoms with Crippen LogP contribution in [0.1, 0.15) is 37.0 Å². The van der Waals surface area contributed by atoms with E-state index in [1.807, 2.05) is 43.3 Å². The Hall–Kier alpha value is -2.17. The van der Waals surface area contributed by atoms with Crippen LogP contribution in [0.2, 0.25) is 0 Å². The van der Waals surface area contributed by atoms with Crippen molar-refractivity contribution in [2.45, 2.75) is 32.1 Å². The molecule has 2 unspecified atom stereocenters. The maximum absolute atomic E-state index is 11.3. The molecule has 1 heterocycles. The van der Waals surface area contributed by atoms with E-state index in [0.717, 1.165) is 30.5 Å². The van der Waals surface area contributed by atoms with Gasteiger partial charge in [0, 0.05) is 13.1 Å². The van der Waals surface area contributed by atoms with Gasteiger partial charge in [-0.05, 0) is 30.9 Å². The lowest BCUT2D eigenvalue weighted by Gasteiger charge is -2.37. The first-order valence-electron chi connectivity index (χ1n) is 8.87. The number of carbonyl (C=O) groups is 1. The minimum Gasteiger partial charge on any atom is -0.481 e. The Balaban J connectivity index is 1.77. The highest BCUT2D eigenvalue weighted by Gasteiger charge is 2.30. The van der Waals surface area contributed by atoms with Crippen molar-refractivity contribution in [3.05, 3.63) is 71.8 Å². The molecule has 1 aliphatic rings. The molecule has 0 spiro atoms. The largest absolute Gasteiger partial charge is 0.481 e. The smallest absolute Gasteiger partial charge is 0.307 e. The van der Waals surface area contributed by atoms with Crippen molar-refractivity contribution in [2.75, 3.05) is 13.1 Å². The normalized spacial score (nSPS) is 19.7. The number of rotatable bonds is 6. The number of ether oxygens (including phenoxy) is 1. The zero-order valence-corrected chi connectivity index (χ0v) is 14.5. The topological polar surface area (TPSA) is 49.8 Å². The molecule has 0 aliphatic carbocycles. The number of likely N-dealkylation sites (tertiary alicyclic amines) is 1. The summed E-state index contributed by atoms with van der Waals surface area (Å²) < 4.78 is 6.42. The first-order chi connectivity index (χ1) is 12.1. The Morgan fingerprint density at radius 3 is 2.16 bits per heavy atom. The lowest BCUT2D eigenvalue weighted by Crippen LogP contribution is -2.45. The van der Waals surface area contributed by atoms with E-state index in [-0.39, 0.29) is 18.2 Å². The van der Waals surface area contributed by atoms with Crippen LogP contribution in [0.5, 0.6) is 0 Å². The average molecular weight is 339 g/mol. The number of aliphatic carboxylic acids is 1. The zero-order chi connectivity index (χ0) is 17.6. The van der Waals surface area contributed by atoms with E-state index in [0.29, 0.717) is 6.54 Å². The fourth-order valence-electron chi connectivity index (χ4n) is 3.43. The molecule has 3 rings (SSSR count). The molecule has 0 amide bonds. The summed E-state index contributed by atoms with van der Waals surface area (Å²) in [4.78, 5) is 13.5. The summed E-state index contributed by atoms with van der Waals surface area (Å²) >= 11 is 0. The first-order valence-corrected chi connectivity index (χ1v) is 8.87. The quantitative estimate of drug-likeness (QED) is 0.866. The molecule has 0 bridgehead atoms. The van der Waals surface area contributed by atoms with Crippen LogP contribution < -0.4 is 0 Å². The summed E-state index contributed by atoms with van der Waals surface area (Å²) in [5, 5.41) is 9.31. The average Bonchev–Trinajstić information content (AvgIpc) is 2.67. The van der Waals surface area contributed by atoms with E-state index in [1.165, 1.54) is 0 Å². The Morgan fingerprint density at radius 2 is 1.64 bits per heavy atom. The van der Waals surface area contributed by atoms with Gasteiger partial charge in [0.15, 0.2) is 0 Å². The number of benzene rings is 2. The van der Waals surface area contributed by atoms with Gasteiger partial charge in [-0.3, -0.25) is 9.69 Å². The van der Waals surface area contributed by atoms with Gasteiger partial charge in [-0.2, -0.15) is 0 Å². The van der Waals surface area contributed by atoms with Crippen molar-refractivity contribution >= 4 is 5.97 Å². The van der Waals surface area contributed by atoms with Crippen LogP contribution >= 0.6 is 0 Å². The second kappa shape index (κ2) is 8.28. The maximum atomic E-state index is 11.3. The predicted octanol–water partition coefficient (Wildman–Crippen LogP) is 3.94. The van der Waals surface area contributed by atoms with Crippen molar-refractivity contribution in [3.8, 4) is 0 Å². The van der Waals surface area contributed by atoms with E-state index in [9.17, 15) is 9.90 Å². The number of hydrogen-bond acceptors (Lipinski definition) is 3. The van der Waals surface area contributed by atoms with Gasteiger partial charge < -0.3 is 9.84 Å². The predicted molar refractivity (Wildman–Crippen MR) is 97.2 cm³/mol. The van der Waals surface area contributed by atoms with Crippen LogP contribution in [-0.4, -0.2) is 35.3 Å². The fourth-order valence-corrected chi connectivity index (χ4v) is 3.43. The summed E-state index contributed by atoms with van der Waals surface area (Å²) in [5.41, 5.74) is 2.21. The van der Waals surface area contributed by atoms with Crippen LogP contribution in [-0.2, 0) is 9.53 Å². The summed E-state index contributed by atoms with van der Waals surface area (Å²) in [6, 6.07) is 20.3. The number of piperidine rings is 1. The van der Waals surface area contributed by atoms with Gasteiger partial charge in [-0.25, -0.2) is 0 Å². The highest BCUT2D eigenvalue weighted by molar-refractivity contribution is 5.70. The second-order valence-electron chi connectivity index (χ2n) is 6.61. The SMILES string of the molecule is CC(OC(c1ccccc1)c1ccccc1)N1CCCC(C(=O)O)C1. The van der Waals surface area contributed by atoms with Gasteiger partial charge in [0.1, 0.15) is 12.3 Å². The third-order valence-corrected chi connectivity index (χ3v) is 4.85. The van der Waals surface area contributed by atoms with Gasteiger partial charge in [-0.1, -0.05) is 60.7 Å². The van der Waals surface area contributed by atoms with Crippen LogP contribution in [0, 0.1) is 5.92 Å². The standard InChI is InChI=1S/C21H25NO3/c1-16(22-14-8-13-19(15-22)21(23)24)25-20(17-9-4-2-5-10-17)18-11-6-3-7-12-18/h2-7,9-12,16,19-20H,8,13-15H2,1H3,(H,23,24). The monoisotopic (exact) mass is 339 g/mol. The van der Waals surface area contributed by atoms with Crippen LogP contribution in [0.3, 0.4) is 0 Å². The lowest BCUT2D eigenvalue weighted by atomic mass is 9.98. The Kier molecular flexibility index (Phi) is 5.84. The van der Waals surface area contributed by atoms with Crippen LogP contribution in [0.4, 0.5) is 0 Å². The first kappa shape index (κ1) is 17.6. The Labute approximate surface area is 149 Å².